The van der Waals surface area contributed by atoms with Crippen LogP contribution in [-0.2, 0) is 0 Å². The molecule has 0 bridgehead atoms. The zero-order chi connectivity index (χ0) is 15.6. The molecule has 23 heavy (non-hydrogen) atoms. The van der Waals surface area contributed by atoms with Crippen molar-refractivity contribution in [1.82, 2.24) is 20.7 Å². The van der Waals surface area contributed by atoms with E-state index < -0.39 is 0 Å². The molecule has 1 aromatic carbocycles. The second-order valence-corrected chi connectivity index (χ2v) is 6.68. The molecular weight excluding hydrogens is 326 g/mol. The van der Waals surface area contributed by atoms with E-state index in [0.717, 1.165) is 27.2 Å². The Morgan fingerprint density at radius 1 is 1.17 bits per heavy atom. The number of nitrogens with one attached hydrogen (secondary N) is 3. The highest BCUT2D eigenvalue weighted by Gasteiger charge is 2.21. The van der Waals surface area contributed by atoms with Crippen LogP contribution in [-0.4, -0.2) is 21.1 Å². The monoisotopic (exact) mass is 341 g/mol. The summed E-state index contributed by atoms with van der Waals surface area (Å²) in [6.45, 7) is 0. The van der Waals surface area contributed by atoms with Gasteiger partial charge in [0.2, 0.25) is 0 Å². The van der Waals surface area contributed by atoms with Gasteiger partial charge < -0.3 is 5.32 Å². The Hall–Kier alpha value is -2.25. The molecule has 1 aliphatic rings. The van der Waals surface area contributed by atoms with Crippen molar-refractivity contribution >= 4 is 44.7 Å². The molecule has 0 saturated heterocycles. The molecule has 7 heteroatoms. The Morgan fingerprint density at radius 3 is 2.78 bits per heavy atom. The second kappa shape index (κ2) is 6.10. The van der Waals surface area contributed by atoms with Gasteiger partial charge in [-0.15, -0.1) is 11.3 Å². The first-order valence-corrected chi connectivity index (χ1v) is 8.70. The fourth-order valence-electron chi connectivity index (χ4n) is 2.37. The molecule has 2 aromatic heterocycles. The van der Waals surface area contributed by atoms with Crippen molar-refractivity contribution in [3.8, 4) is 11.1 Å². The minimum Gasteiger partial charge on any atom is -0.359 e. The number of rotatable bonds is 4. The molecule has 0 spiro atoms. The summed E-state index contributed by atoms with van der Waals surface area (Å²) in [5.41, 5.74) is 8.40. The third-order valence-corrected chi connectivity index (χ3v) is 4.77. The van der Waals surface area contributed by atoms with Gasteiger partial charge in [-0.05, 0) is 30.6 Å². The predicted molar refractivity (Wildman–Crippen MR) is 98.4 cm³/mol. The summed E-state index contributed by atoms with van der Waals surface area (Å²) in [6.07, 6.45) is 3.93. The molecule has 0 unspecified atom stereocenters. The van der Waals surface area contributed by atoms with Crippen LogP contribution < -0.4 is 16.2 Å². The lowest BCUT2D eigenvalue weighted by Gasteiger charge is -2.12. The third kappa shape index (κ3) is 3.11. The van der Waals surface area contributed by atoms with E-state index in [1.807, 2.05) is 18.2 Å². The average molecular weight is 341 g/mol. The number of thiophene rings is 1. The molecule has 3 aromatic rings. The zero-order valence-electron chi connectivity index (χ0n) is 12.2. The van der Waals surface area contributed by atoms with Gasteiger partial charge in [0.05, 0.1) is 5.39 Å². The molecular formula is C16H15N5S2. The maximum atomic E-state index is 5.27. The van der Waals surface area contributed by atoms with E-state index >= 15 is 0 Å². The zero-order valence-corrected chi connectivity index (χ0v) is 13.9. The summed E-state index contributed by atoms with van der Waals surface area (Å²) in [5.74, 6) is 0.732. The van der Waals surface area contributed by atoms with Crippen molar-refractivity contribution in [2.24, 2.45) is 0 Å². The Kier molecular flexibility index (Phi) is 3.80. The quantitative estimate of drug-likeness (QED) is 0.500. The molecule has 2 heterocycles. The van der Waals surface area contributed by atoms with Crippen molar-refractivity contribution in [3.05, 3.63) is 42.0 Å². The van der Waals surface area contributed by atoms with Crippen molar-refractivity contribution in [2.45, 2.75) is 18.9 Å². The summed E-state index contributed by atoms with van der Waals surface area (Å²) in [4.78, 5) is 9.68. The number of fused-ring (bicyclic) bond motifs is 1. The summed E-state index contributed by atoms with van der Waals surface area (Å²) in [5, 5.41) is 6.94. The Morgan fingerprint density at radius 2 is 2.00 bits per heavy atom. The normalized spacial score (nSPS) is 13.7. The van der Waals surface area contributed by atoms with Crippen molar-refractivity contribution < 1.29 is 0 Å². The van der Waals surface area contributed by atoms with Crippen LogP contribution in [0.15, 0.2) is 42.0 Å². The first-order chi connectivity index (χ1) is 11.3. The topological polar surface area (TPSA) is 61.9 Å². The van der Waals surface area contributed by atoms with Gasteiger partial charge in [-0.2, -0.15) is 0 Å². The lowest BCUT2D eigenvalue weighted by Crippen LogP contribution is -2.40. The summed E-state index contributed by atoms with van der Waals surface area (Å²) >= 11 is 6.88. The van der Waals surface area contributed by atoms with Gasteiger partial charge in [0.1, 0.15) is 11.2 Å². The van der Waals surface area contributed by atoms with Crippen LogP contribution in [0.5, 0.6) is 0 Å². The number of aromatic nitrogens is 2. The standard InChI is InChI=1S/C16H15N5S2/c22-16(19-11-6-7-11)21-20-14-13-12(10-4-2-1-3-5-10)8-23-15(13)18-9-17-14/h1-5,8-9,11H,6-7H2,(H,17,18,20)(H2,19,21,22). The molecule has 1 fully saturated rings. The Balaban J connectivity index is 1.63. The molecule has 0 amide bonds. The van der Waals surface area contributed by atoms with Crippen molar-refractivity contribution in [1.29, 1.82) is 0 Å². The minimum atomic E-state index is 0.517. The maximum absolute atomic E-state index is 5.27. The van der Waals surface area contributed by atoms with Crippen LogP contribution in [0.25, 0.3) is 21.3 Å². The van der Waals surface area contributed by atoms with Gasteiger partial charge in [0.15, 0.2) is 10.9 Å². The predicted octanol–water partition coefficient (Wildman–Crippen LogP) is 3.31. The number of hydrogen-bond donors (Lipinski definition) is 3. The van der Waals surface area contributed by atoms with E-state index in [9.17, 15) is 0 Å². The summed E-state index contributed by atoms with van der Waals surface area (Å²) < 4.78 is 0. The summed E-state index contributed by atoms with van der Waals surface area (Å²) in [7, 11) is 0. The number of hydrazine groups is 1. The first kappa shape index (κ1) is 14.3. The largest absolute Gasteiger partial charge is 0.359 e. The Labute approximate surface area is 143 Å². The van der Waals surface area contributed by atoms with Gasteiger partial charge in [-0.25, -0.2) is 9.97 Å². The van der Waals surface area contributed by atoms with Gasteiger partial charge >= 0.3 is 0 Å². The van der Waals surface area contributed by atoms with Gasteiger partial charge in [0, 0.05) is 17.0 Å². The average Bonchev–Trinajstić information content (AvgIpc) is 3.28. The van der Waals surface area contributed by atoms with Crippen LogP contribution >= 0.6 is 23.6 Å². The molecule has 0 aliphatic heterocycles. The van der Waals surface area contributed by atoms with E-state index in [-0.39, 0.29) is 0 Å². The molecule has 5 nitrogen and oxygen atoms in total. The lowest BCUT2D eigenvalue weighted by molar-refractivity contribution is 0.878. The molecule has 0 radical (unpaired) electrons. The van der Waals surface area contributed by atoms with Crippen LogP contribution in [0, 0.1) is 0 Å². The van der Waals surface area contributed by atoms with Gasteiger partial charge in [0.25, 0.3) is 0 Å². The fraction of sp³-hybridized carbons (Fsp3) is 0.188. The van der Waals surface area contributed by atoms with Crippen molar-refractivity contribution in [2.75, 3.05) is 5.43 Å². The van der Waals surface area contributed by atoms with Crippen molar-refractivity contribution in [3.63, 3.8) is 0 Å². The molecule has 1 aliphatic carbocycles. The summed E-state index contributed by atoms with van der Waals surface area (Å²) in [6, 6.07) is 10.8. The van der Waals surface area contributed by atoms with E-state index in [1.165, 1.54) is 12.8 Å². The first-order valence-electron chi connectivity index (χ1n) is 7.41. The Bertz CT molecular complexity index is 842. The second-order valence-electron chi connectivity index (χ2n) is 5.42. The van der Waals surface area contributed by atoms with Gasteiger partial charge in [-0.1, -0.05) is 30.3 Å². The highest BCUT2D eigenvalue weighted by Crippen LogP contribution is 2.36. The van der Waals surface area contributed by atoms with Crippen LogP contribution in [0.3, 0.4) is 0 Å². The van der Waals surface area contributed by atoms with E-state index in [4.69, 9.17) is 12.2 Å². The number of anilines is 1. The fourth-order valence-corrected chi connectivity index (χ4v) is 3.50. The lowest BCUT2D eigenvalue weighted by atomic mass is 10.1. The molecule has 4 rings (SSSR count). The number of thiocarbonyl (C=S) groups is 1. The van der Waals surface area contributed by atoms with Crippen LogP contribution in [0.2, 0.25) is 0 Å². The molecule has 0 atom stereocenters. The number of nitrogens with zero attached hydrogens (tertiary/aromatic N) is 2. The van der Waals surface area contributed by atoms with Gasteiger partial charge in [-0.3, -0.25) is 10.9 Å². The van der Waals surface area contributed by atoms with Crippen LogP contribution in [0.4, 0.5) is 5.82 Å². The van der Waals surface area contributed by atoms with Crippen LogP contribution in [0.1, 0.15) is 12.8 Å². The maximum Gasteiger partial charge on any atom is 0.185 e. The highest BCUT2D eigenvalue weighted by atomic mass is 32.1. The van der Waals surface area contributed by atoms with E-state index in [2.05, 4.69) is 43.6 Å². The van der Waals surface area contributed by atoms with E-state index in [0.29, 0.717) is 11.2 Å². The minimum absolute atomic E-state index is 0.517. The third-order valence-electron chi connectivity index (χ3n) is 3.66. The molecule has 1 saturated carbocycles. The van der Waals surface area contributed by atoms with E-state index in [1.54, 1.807) is 17.7 Å². The SMILES string of the molecule is S=C(NNc1ncnc2scc(-c3ccccc3)c12)NC1CC1. The number of hydrogen-bond acceptors (Lipinski definition) is 5. The highest BCUT2D eigenvalue weighted by molar-refractivity contribution is 7.80. The number of benzene rings is 1. The molecule has 3 N–H and O–H groups in total. The molecule has 116 valence electrons. The smallest absolute Gasteiger partial charge is 0.185 e.